The van der Waals surface area contributed by atoms with Crippen molar-refractivity contribution in [1.29, 1.82) is 0 Å². The Morgan fingerprint density at radius 3 is 2.38 bits per heavy atom. The molecule has 2 aliphatic heterocycles. The van der Waals surface area contributed by atoms with Crippen LogP contribution in [0.25, 0.3) is 0 Å². The van der Waals surface area contributed by atoms with Gasteiger partial charge in [-0.2, -0.15) is 0 Å². The van der Waals surface area contributed by atoms with Gasteiger partial charge in [0.15, 0.2) is 10.9 Å². The van der Waals surface area contributed by atoms with Gasteiger partial charge in [0.05, 0.1) is 15.6 Å². The van der Waals surface area contributed by atoms with Crippen LogP contribution in [0.1, 0.15) is 56.5 Å². The van der Waals surface area contributed by atoms with Crippen LogP contribution < -0.4 is 10.2 Å². The van der Waals surface area contributed by atoms with E-state index in [4.69, 9.17) is 0 Å². The molecule has 0 unspecified atom stereocenters. The Balaban J connectivity index is 1.11. The van der Waals surface area contributed by atoms with Crippen molar-refractivity contribution in [3.63, 3.8) is 0 Å². The molecule has 0 aliphatic carbocycles. The molecule has 10 nitrogen and oxygen atoms in total. The number of thiazole rings is 2. The van der Waals surface area contributed by atoms with Crippen molar-refractivity contribution in [1.82, 2.24) is 24.8 Å². The van der Waals surface area contributed by atoms with E-state index >= 15 is 0 Å². The lowest BCUT2D eigenvalue weighted by Gasteiger charge is -2.39. The SMILES string of the molecule is CC(=O)c1sc(NC(=O)c2csc(C3CCN(C(=O)N4CCN(c5ccccn5)CC4)CC3)n2)nc1C. The summed E-state index contributed by atoms with van der Waals surface area (Å²) in [5, 5.41) is 5.83. The lowest BCUT2D eigenvalue weighted by molar-refractivity contribution is 0.101. The maximum Gasteiger partial charge on any atom is 0.320 e. The highest BCUT2D eigenvalue weighted by molar-refractivity contribution is 7.17. The Morgan fingerprint density at radius 1 is 1.00 bits per heavy atom. The van der Waals surface area contributed by atoms with Gasteiger partial charge in [0.2, 0.25) is 0 Å². The van der Waals surface area contributed by atoms with Crippen molar-refractivity contribution in [3.05, 3.63) is 51.0 Å². The third kappa shape index (κ3) is 5.64. The quantitative estimate of drug-likeness (QED) is 0.490. The molecule has 0 radical (unpaired) electrons. The zero-order valence-corrected chi connectivity index (χ0v) is 22.5. The Morgan fingerprint density at radius 2 is 1.73 bits per heavy atom. The van der Waals surface area contributed by atoms with Gasteiger partial charge in [-0.1, -0.05) is 17.4 Å². The molecule has 1 N–H and O–H groups in total. The molecule has 12 heteroatoms. The molecular weight excluding hydrogens is 510 g/mol. The lowest BCUT2D eigenvalue weighted by atomic mass is 9.98. The molecular formula is C25H29N7O3S2. The van der Waals surface area contributed by atoms with Crippen molar-refractivity contribution in [2.45, 2.75) is 32.6 Å². The number of nitrogens with zero attached hydrogens (tertiary/aromatic N) is 6. The monoisotopic (exact) mass is 539 g/mol. The summed E-state index contributed by atoms with van der Waals surface area (Å²) < 4.78 is 0. The standard InChI is InChI=1S/C25H29N7O3S2/c1-16-21(17(2)33)37-24(27-16)29-22(34)19-15-36-23(28-19)18-6-9-31(10-7-18)25(35)32-13-11-30(12-14-32)20-5-3-4-8-26-20/h3-5,8,15,18H,6-7,9-14H2,1-2H3,(H,27,29,34). The summed E-state index contributed by atoms with van der Waals surface area (Å²) in [6.45, 7) is 7.53. The normalized spacial score (nSPS) is 16.6. The lowest BCUT2D eigenvalue weighted by Crippen LogP contribution is -2.54. The second-order valence-electron chi connectivity index (χ2n) is 9.22. The number of pyridine rings is 1. The van der Waals surface area contributed by atoms with Crippen molar-refractivity contribution < 1.29 is 14.4 Å². The van der Waals surface area contributed by atoms with Crippen LogP contribution in [0.4, 0.5) is 15.7 Å². The Kier molecular flexibility index (Phi) is 7.47. The van der Waals surface area contributed by atoms with Crippen molar-refractivity contribution in [3.8, 4) is 0 Å². The van der Waals surface area contributed by atoms with E-state index in [0.717, 1.165) is 36.8 Å². The molecule has 0 bridgehead atoms. The van der Waals surface area contributed by atoms with E-state index in [1.165, 1.54) is 29.6 Å². The van der Waals surface area contributed by atoms with Crippen LogP contribution in [0.2, 0.25) is 0 Å². The van der Waals surface area contributed by atoms with Crippen LogP contribution in [0.3, 0.4) is 0 Å². The second-order valence-corrected chi connectivity index (χ2v) is 11.1. The van der Waals surface area contributed by atoms with Crippen LogP contribution in [0.5, 0.6) is 0 Å². The van der Waals surface area contributed by atoms with E-state index in [2.05, 4.69) is 25.2 Å². The molecule has 5 heterocycles. The molecule has 0 aromatic carbocycles. The minimum absolute atomic E-state index is 0.0667. The first kappa shape index (κ1) is 25.3. The van der Waals surface area contributed by atoms with Gasteiger partial charge in [0.1, 0.15) is 11.5 Å². The molecule has 37 heavy (non-hydrogen) atoms. The van der Waals surface area contributed by atoms with Crippen LogP contribution in [0, 0.1) is 6.92 Å². The summed E-state index contributed by atoms with van der Waals surface area (Å²) in [4.78, 5) is 57.3. The molecule has 0 atom stereocenters. The number of ketones is 1. The fraction of sp³-hybridized carbons (Fsp3) is 0.440. The largest absolute Gasteiger partial charge is 0.353 e. The van der Waals surface area contributed by atoms with E-state index in [-0.39, 0.29) is 23.6 Å². The first-order valence-corrected chi connectivity index (χ1v) is 14.0. The summed E-state index contributed by atoms with van der Waals surface area (Å²) >= 11 is 2.65. The number of carbonyl (C=O) groups is 3. The second kappa shape index (κ2) is 10.9. The average molecular weight is 540 g/mol. The highest BCUT2D eigenvalue weighted by atomic mass is 32.1. The number of piperazine rings is 1. The number of hydrogen-bond donors (Lipinski definition) is 1. The Labute approximate surface area is 223 Å². The number of anilines is 2. The predicted molar refractivity (Wildman–Crippen MR) is 144 cm³/mol. The molecule has 0 spiro atoms. The van der Waals surface area contributed by atoms with Gasteiger partial charge in [-0.15, -0.1) is 11.3 Å². The first-order valence-electron chi connectivity index (χ1n) is 12.3. The molecule has 3 aromatic rings. The summed E-state index contributed by atoms with van der Waals surface area (Å²) in [6, 6.07) is 5.99. The number of hydrogen-bond acceptors (Lipinski definition) is 9. The third-order valence-corrected chi connectivity index (χ3v) is 8.91. The van der Waals surface area contributed by atoms with Crippen LogP contribution >= 0.6 is 22.7 Å². The summed E-state index contributed by atoms with van der Waals surface area (Å²) in [5.41, 5.74) is 0.963. The van der Waals surface area contributed by atoms with Gasteiger partial charge < -0.3 is 14.7 Å². The van der Waals surface area contributed by atoms with Crippen LogP contribution in [-0.4, -0.2) is 81.7 Å². The van der Waals surface area contributed by atoms with E-state index in [0.29, 0.717) is 47.6 Å². The van der Waals surface area contributed by atoms with Gasteiger partial charge in [-0.05, 0) is 31.9 Å². The zero-order valence-electron chi connectivity index (χ0n) is 20.8. The summed E-state index contributed by atoms with van der Waals surface area (Å²) in [5.74, 6) is 0.782. The number of amides is 3. The highest BCUT2D eigenvalue weighted by Crippen LogP contribution is 2.31. The molecule has 5 rings (SSSR count). The van der Waals surface area contributed by atoms with E-state index in [9.17, 15) is 14.4 Å². The van der Waals surface area contributed by atoms with Crippen molar-refractivity contribution >= 4 is 51.3 Å². The zero-order chi connectivity index (χ0) is 25.9. The number of Topliss-reactive ketones (excluding diaryl/α,β-unsaturated/α-hetero) is 1. The minimum Gasteiger partial charge on any atom is -0.353 e. The number of rotatable bonds is 5. The topological polar surface area (TPSA) is 112 Å². The molecule has 3 aromatic heterocycles. The number of nitrogens with one attached hydrogen (secondary N) is 1. The first-order chi connectivity index (χ1) is 17.9. The minimum atomic E-state index is -0.330. The highest BCUT2D eigenvalue weighted by Gasteiger charge is 2.30. The van der Waals surface area contributed by atoms with E-state index in [1.807, 2.05) is 28.0 Å². The van der Waals surface area contributed by atoms with Gasteiger partial charge >= 0.3 is 6.03 Å². The summed E-state index contributed by atoms with van der Waals surface area (Å²) in [6.07, 6.45) is 3.44. The molecule has 2 fully saturated rings. The molecule has 2 aliphatic rings. The number of aryl methyl sites for hydroxylation is 1. The third-order valence-electron chi connectivity index (χ3n) is 6.73. The van der Waals surface area contributed by atoms with Crippen molar-refractivity contribution in [2.24, 2.45) is 0 Å². The fourth-order valence-electron chi connectivity index (χ4n) is 4.70. The van der Waals surface area contributed by atoms with Gasteiger partial charge in [-0.3, -0.25) is 14.9 Å². The molecule has 0 saturated carbocycles. The van der Waals surface area contributed by atoms with Gasteiger partial charge in [0, 0.05) is 63.7 Å². The Bertz CT molecular complexity index is 1280. The molecule has 194 valence electrons. The number of urea groups is 1. The average Bonchev–Trinajstić information content (AvgIpc) is 3.56. The van der Waals surface area contributed by atoms with E-state index in [1.54, 1.807) is 18.5 Å². The number of aromatic nitrogens is 3. The van der Waals surface area contributed by atoms with E-state index < -0.39 is 0 Å². The van der Waals surface area contributed by atoms with Gasteiger partial charge in [0.25, 0.3) is 5.91 Å². The maximum atomic E-state index is 13.1. The molecule has 2 saturated heterocycles. The number of carbonyl (C=O) groups excluding carboxylic acids is 3. The number of likely N-dealkylation sites (tertiary alicyclic amines) is 1. The van der Waals surface area contributed by atoms with Crippen molar-refractivity contribution in [2.75, 3.05) is 49.5 Å². The van der Waals surface area contributed by atoms with Crippen LogP contribution in [-0.2, 0) is 0 Å². The number of piperidine rings is 1. The molecule has 3 amide bonds. The fourth-order valence-corrected chi connectivity index (χ4v) is 6.53. The summed E-state index contributed by atoms with van der Waals surface area (Å²) in [7, 11) is 0. The predicted octanol–water partition coefficient (Wildman–Crippen LogP) is 3.88. The Hall–Kier alpha value is -3.38. The smallest absolute Gasteiger partial charge is 0.320 e. The maximum absolute atomic E-state index is 13.1. The van der Waals surface area contributed by atoms with Gasteiger partial charge in [-0.25, -0.2) is 19.7 Å². The van der Waals surface area contributed by atoms with Crippen LogP contribution in [0.15, 0.2) is 29.8 Å².